The first kappa shape index (κ1) is 15.4. The number of hydrogen-bond donors (Lipinski definition) is 1. The highest BCUT2D eigenvalue weighted by atomic mass is 16.5. The Hall–Kier alpha value is -1.96. The molecule has 0 heterocycles. The molecule has 0 aromatic heterocycles. The number of ether oxygens (including phenoxy) is 1. The smallest absolute Gasteiger partial charge is 0.119 e. The highest BCUT2D eigenvalue weighted by molar-refractivity contribution is 5.55. The van der Waals surface area contributed by atoms with Crippen LogP contribution in [0.1, 0.15) is 42.1 Å². The second kappa shape index (κ2) is 6.66. The van der Waals surface area contributed by atoms with E-state index in [4.69, 9.17) is 4.74 Å². The lowest BCUT2D eigenvalue weighted by molar-refractivity contribution is 0.340. The maximum absolute atomic E-state index is 5.54. The summed E-state index contributed by atoms with van der Waals surface area (Å²) < 4.78 is 5.54. The lowest BCUT2D eigenvalue weighted by atomic mass is 9.99. The van der Waals surface area contributed by atoms with Crippen molar-refractivity contribution in [2.75, 3.05) is 11.9 Å². The molecule has 1 unspecified atom stereocenters. The monoisotopic (exact) mass is 283 g/mol. The van der Waals surface area contributed by atoms with Gasteiger partial charge in [-0.3, -0.25) is 0 Å². The molecular formula is C19H25NO. The topological polar surface area (TPSA) is 21.3 Å². The Morgan fingerprint density at radius 1 is 1.00 bits per heavy atom. The van der Waals surface area contributed by atoms with Crippen molar-refractivity contribution in [3.8, 4) is 5.75 Å². The fraction of sp³-hybridized carbons (Fsp3) is 0.368. The number of anilines is 1. The first-order valence-electron chi connectivity index (χ1n) is 7.58. The van der Waals surface area contributed by atoms with Gasteiger partial charge < -0.3 is 10.1 Å². The van der Waals surface area contributed by atoms with Crippen LogP contribution < -0.4 is 10.1 Å². The first-order valence-corrected chi connectivity index (χ1v) is 7.58. The zero-order valence-corrected chi connectivity index (χ0v) is 13.7. The van der Waals surface area contributed by atoms with E-state index in [0.29, 0.717) is 6.61 Å². The lowest BCUT2D eigenvalue weighted by Crippen LogP contribution is -2.09. The fourth-order valence-corrected chi connectivity index (χ4v) is 2.59. The zero-order valence-electron chi connectivity index (χ0n) is 13.7. The van der Waals surface area contributed by atoms with Crippen LogP contribution in [0.4, 0.5) is 5.69 Å². The van der Waals surface area contributed by atoms with E-state index < -0.39 is 0 Å². The Kier molecular flexibility index (Phi) is 4.89. The molecule has 1 N–H and O–H groups in total. The van der Waals surface area contributed by atoms with Crippen molar-refractivity contribution in [1.82, 2.24) is 0 Å². The summed E-state index contributed by atoms with van der Waals surface area (Å²) in [5.41, 5.74) is 6.34. The molecule has 21 heavy (non-hydrogen) atoms. The number of nitrogens with one attached hydrogen (secondary N) is 1. The van der Waals surface area contributed by atoms with Crippen LogP contribution in [0, 0.1) is 20.8 Å². The molecular weight excluding hydrogens is 258 g/mol. The third kappa shape index (κ3) is 3.78. The molecule has 0 bridgehead atoms. The molecule has 2 nitrogen and oxygen atoms in total. The SMILES string of the molecule is CCOc1ccc(NC(C)c2cc(C)ccc2C)c(C)c1. The summed E-state index contributed by atoms with van der Waals surface area (Å²) in [7, 11) is 0. The van der Waals surface area contributed by atoms with Crippen molar-refractivity contribution in [1.29, 1.82) is 0 Å². The summed E-state index contributed by atoms with van der Waals surface area (Å²) in [6, 6.07) is 13.1. The average Bonchev–Trinajstić information content (AvgIpc) is 2.44. The quantitative estimate of drug-likeness (QED) is 0.816. The van der Waals surface area contributed by atoms with Gasteiger partial charge in [-0.1, -0.05) is 23.8 Å². The van der Waals surface area contributed by atoms with Crippen LogP contribution in [0.5, 0.6) is 5.75 Å². The van der Waals surface area contributed by atoms with Crippen molar-refractivity contribution in [2.24, 2.45) is 0 Å². The fourth-order valence-electron chi connectivity index (χ4n) is 2.59. The summed E-state index contributed by atoms with van der Waals surface area (Å²) >= 11 is 0. The Labute approximate surface area is 128 Å². The van der Waals surface area contributed by atoms with E-state index in [-0.39, 0.29) is 6.04 Å². The summed E-state index contributed by atoms with van der Waals surface area (Å²) in [4.78, 5) is 0. The van der Waals surface area contributed by atoms with E-state index in [1.54, 1.807) is 0 Å². The molecule has 0 aliphatic heterocycles. The minimum atomic E-state index is 0.279. The van der Waals surface area contributed by atoms with Crippen LogP contribution in [-0.4, -0.2) is 6.61 Å². The minimum Gasteiger partial charge on any atom is -0.494 e. The summed E-state index contributed by atoms with van der Waals surface area (Å²) in [6.45, 7) is 11.3. The molecule has 0 amide bonds. The third-order valence-electron chi connectivity index (χ3n) is 3.78. The normalized spacial score (nSPS) is 12.0. The summed E-state index contributed by atoms with van der Waals surface area (Å²) in [5, 5.41) is 3.61. The second-order valence-corrected chi connectivity index (χ2v) is 5.64. The van der Waals surface area contributed by atoms with Crippen LogP contribution in [0.15, 0.2) is 36.4 Å². The zero-order chi connectivity index (χ0) is 15.4. The van der Waals surface area contributed by atoms with Gasteiger partial charge in [-0.2, -0.15) is 0 Å². The van der Waals surface area contributed by atoms with E-state index in [0.717, 1.165) is 11.4 Å². The molecule has 0 aliphatic rings. The number of aryl methyl sites for hydroxylation is 3. The van der Waals surface area contributed by atoms with Gasteiger partial charge in [-0.05, 0) is 69.5 Å². The third-order valence-corrected chi connectivity index (χ3v) is 3.78. The van der Waals surface area contributed by atoms with Gasteiger partial charge in [0.15, 0.2) is 0 Å². The summed E-state index contributed by atoms with van der Waals surface area (Å²) in [6.07, 6.45) is 0. The van der Waals surface area contributed by atoms with Crippen LogP contribution >= 0.6 is 0 Å². The van der Waals surface area contributed by atoms with E-state index >= 15 is 0 Å². The van der Waals surface area contributed by atoms with Gasteiger partial charge >= 0.3 is 0 Å². The second-order valence-electron chi connectivity index (χ2n) is 5.64. The maximum Gasteiger partial charge on any atom is 0.119 e. The molecule has 2 aromatic rings. The average molecular weight is 283 g/mol. The Balaban J connectivity index is 2.19. The predicted octanol–water partition coefficient (Wildman–Crippen LogP) is 5.18. The first-order chi connectivity index (χ1) is 10.0. The molecule has 0 spiro atoms. The molecule has 2 heteroatoms. The Morgan fingerprint density at radius 3 is 2.43 bits per heavy atom. The van der Waals surface area contributed by atoms with Gasteiger partial charge in [0.25, 0.3) is 0 Å². The Morgan fingerprint density at radius 2 is 1.76 bits per heavy atom. The van der Waals surface area contributed by atoms with Gasteiger partial charge in [0.2, 0.25) is 0 Å². The van der Waals surface area contributed by atoms with E-state index in [2.05, 4.69) is 63.3 Å². The molecule has 2 aromatic carbocycles. The molecule has 0 saturated heterocycles. The number of hydrogen-bond acceptors (Lipinski definition) is 2. The maximum atomic E-state index is 5.54. The van der Waals surface area contributed by atoms with Crippen molar-refractivity contribution >= 4 is 5.69 Å². The van der Waals surface area contributed by atoms with E-state index in [1.165, 1.54) is 22.3 Å². The van der Waals surface area contributed by atoms with Crippen LogP contribution in [-0.2, 0) is 0 Å². The lowest BCUT2D eigenvalue weighted by Gasteiger charge is -2.20. The molecule has 0 aliphatic carbocycles. The van der Waals surface area contributed by atoms with Crippen LogP contribution in [0.25, 0.3) is 0 Å². The Bertz CT molecular complexity index is 619. The molecule has 1 atom stereocenters. The van der Waals surface area contributed by atoms with Gasteiger partial charge in [0.1, 0.15) is 5.75 Å². The van der Waals surface area contributed by atoms with Gasteiger partial charge in [-0.15, -0.1) is 0 Å². The van der Waals surface area contributed by atoms with E-state index in [1.807, 2.05) is 13.0 Å². The minimum absolute atomic E-state index is 0.279. The molecule has 112 valence electrons. The van der Waals surface area contributed by atoms with Crippen molar-refractivity contribution in [3.63, 3.8) is 0 Å². The largest absolute Gasteiger partial charge is 0.494 e. The molecule has 2 rings (SSSR count). The predicted molar refractivity (Wildman–Crippen MR) is 90.3 cm³/mol. The number of rotatable bonds is 5. The van der Waals surface area contributed by atoms with Crippen molar-refractivity contribution in [3.05, 3.63) is 58.7 Å². The summed E-state index contributed by atoms with van der Waals surface area (Å²) in [5.74, 6) is 0.930. The number of benzene rings is 2. The van der Waals surface area contributed by atoms with Crippen LogP contribution in [0.3, 0.4) is 0 Å². The highest BCUT2D eigenvalue weighted by Crippen LogP contribution is 2.27. The standard InChI is InChI=1S/C19H25NO/c1-6-21-17-9-10-19(15(4)12-17)20-16(5)18-11-13(2)7-8-14(18)3/h7-12,16,20H,6H2,1-5H3. The van der Waals surface area contributed by atoms with E-state index in [9.17, 15) is 0 Å². The molecule has 0 radical (unpaired) electrons. The molecule has 0 fully saturated rings. The van der Waals surface area contributed by atoms with Crippen LogP contribution in [0.2, 0.25) is 0 Å². The van der Waals surface area contributed by atoms with Crippen molar-refractivity contribution in [2.45, 2.75) is 40.7 Å². The highest BCUT2D eigenvalue weighted by Gasteiger charge is 2.10. The van der Waals surface area contributed by atoms with Gasteiger partial charge in [0.05, 0.1) is 6.61 Å². The van der Waals surface area contributed by atoms with Gasteiger partial charge in [0, 0.05) is 11.7 Å². The molecule has 0 saturated carbocycles. The van der Waals surface area contributed by atoms with Crippen molar-refractivity contribution < 1.29 is 4.74 Å². The van der Waals surface area contributed by atoms with Gasteiger partial charge in [-0.25, -0.2) is 0 Å².